The number of carbonyl (C=O) groups excluding carboxylic acids is 2. The highest BCUT2D eigenvalue weighted by Gasteiger charge is 2.16. The second kappa shape index (κ2) is 8.30. The van der Waals surface area contributed by atoms with Gasteiger partial charge in [0.15, 0.2) is 10.9 Å². The Morgan fingerprint density at radius 1 is 1.25 bits per heavy atom. The molecule has 0 saturated heterocycles. The Kier molecular flexibility index (Phi) is 6.14. The average Bonchev–Trinajstić information content (AvgIpc) is 2.59. The first kappa shape index (κ1) is 17.7. The minimum Gasteiger partial charge on any atom is -0.496 e. The molecule has 0 unspecified atom stereocenters. The van der Waals surface area contributed by atoms with Gasteiger partial charge in [-0.3, -0.25) is 4.79 Å². The number of methoxy groups -OCH3 is 1. The molecule has 0 saturated carbocycles. The second-order valence-electron chi connectivity index (χ2n) is 4.58. The molecule has 2 N–H and O–H groups in total. The summed E-state index contributed by atoms with van der Waals surface area (Å²) >= 11 is 1.13. The van der Waals surface area contributed by atoms with Crippen LogP contribution in [-0.2, 0) is 4.74 Å². The summed E-state index contributed by atoms with van der Waals surface area (Å²) in [5.41, 5.74) is 6.34. The lowest BCUT2D eigenvalue weighted by Crippen LogP contribution is -2.11. The molecule has 1 aromatic carbocycles. The Balaban J connectivity index is 2.05. The lowest BCUT2D eigenvalue weighted by atomic mass is 10.1. The number of ketones is 1. The molecular weight excluding hydrogens is 330 g/mol. The van der Waals surface area contributed by atoms with E-state index in [4.69, 9.17) is 15.2 Å². The summed E-state index contributed by atoms with van der Waals surface area (Å²) in [6, 6.07) is 6.98. The monoisotopic (exact) mass is 347 g/mol. The molecule has 24 heavy (non-hydrogen) atoms. The van der Waals surface area contributed by atoms with Crippen LogP contribution >= 0.6 is 11.8 Å². The normalized spacial score (nSPS) is 10.2. The topological polar surface area (TPSA) is 104 Å². The SMILES string of the molecule is CCOC(=O)c1cnc(SCC(=O)c2ccccc2OC)nc1N. The fourth-order valence-corrected chi connectivity index (χ4v) is 2.60. The highest BCUT2D eigenvalue weighted by Crippen LogP contribution is 2.22. The van der Waals surface area contributed by atoms with Crippen LogP contribution in [0.5, 0.6) is 5.75 Å². The van der Waals surface area contributed by atoms with Crippen LogP contribution in [-0.4, -0.2) is 41.2 Å². The van der Waals surface area contributed by atoms with Crippen LogP contribution in [0.4, 0.5) is 5.82 Å². The zero-order chi connectivity index (χ0) is 17.5. The highest BCUT2D eigenvalue weighted by molar-refractivity contribution is 7.99. The fraction of sp³-hybridized carbons (Fsp3) is 0.250. The van der Waals surface area contributed by atoms with Crippen LogP contribution in [0, 0.1) is 0 Å². The molecule has 1 heterocycles. The van der Waals surface area contributed by atoms with E-state index < -0.39 is 5.97 Å². The van der Waals surface area contributed by atoms with Gasteiger partial charge in [-0.15, -0.1) is 0 Å². The van der Waals surface area contributed by atoms with Crippen molar-refractivity contribution < 1.29 is 19.1 Å². The number of nitrogens with two attached hydrogens (primary N) is 1. The maximum atomic E-state index is 12.3. The van der Waals surface area contributed by atoms with E-state index in [9.17, 15) is 9.59 Å². The molecule has 0 aliphatic heterocycles. The van der Waals surface area contributed by atoms with Gasteiger partial charge in [0.1, 0.15) is 17.1 Å². The van der Waals surface area contributed by atoms with Crippen molar-refractivity contribution in [2.45, 2.75) is 12.1 Å². The van der Waals surface area contributed by atoms with Crippen molar-refractivity contribution in [3.63, 3.8) is 0 Å². The van der Waals surface area contributed by atoms with E-state index in [0.717, 1.165) is 11.8 Å². The molecule has 0 aliphatic carbocycles. The smallest absolute Gasteiger partial charge is 0.343 e. The molecule has 0 aliphatic rings. The number of para-hydroxylation sites is 1. The van der Waals surface area contributed by atoms with Gasteiger partial charge in [0.2, 0.25) is 0 Å². The number of anilines is 1. The molecule has 2 rings (SSSR count). The Bertz CT molecular complexity index is 752. The van der Waals surface area contributed by atoms with Gasteiger partial charge in [0, 0.05) is 6.20 Å². The van der Waals surface area contributed by atoms with Gasteiger partial charge in [0.25, 0.3) is 0 Å². The van der Waals surface area contributed by atoms with Crippen molar-refractivity contribution in [2.24, 2.45) is 0 Å². The van der Waals surface area contributed by atoms with E-state index in [2.05, 4.69) is 9.97 Å². The number of benzene rings is 1. The van der Waals surface area contributed by atoms with Crippen LogP contribution < -0.4 is 10.5 Å². The van der Waals surface area contributed by atoms with E-state index in [1.54, 1.807) is 31.2 Å². The summed E-state index contributed by atoms with van der Waals surface area (Å²) in [7, 11) is 1.51. The minimum absolute atomic E-state index is 0.0238. The Labute approximate surface area is 143 Å². The first-order valence-electron chi connectivity index (χ1n) is 7.15. The molecule has 0 spiro atoms. The molecule has 126 valence electrons. The standard InChI is InChI=1S/C16H17N3O4S/c1-3-23-15(21)11-8-18-16(19-14(11)17)24-9-12(20)10-6-4-5-7-13(10)22-2/h4-8H,3,9H2,1-2H3,(H2,17,18,19). The molecule has 0 amide bonds. The van der Waals surface area contributed by atoms with Crippen molar-refractivity contribution in [2.75, 3.05) is 25.2 Å². The Hall–Kier alpha value is -2.61. The minimum atomic E-state index is -0.573. The zero-order valence-corrected chi connectivity index (χ0v) is 14.1. The van der Waals surface area contributed by atoms with Gasteiger partial charge < -0.3 is 15.2 Å². The van der Waals surface area contributed by atoms with Crippen LogP contribution in [0.3, 0.4) is 0 Å². The lowest BCUT2D eigenvalue weighted by Gasteiger charge is -2.07. The number of hydrogen-bond donors (Lipinski definition) is 1. The molecule has 0 fully saturated rings. The summed E-state index contributed by atoms with van der Waals surface area (Å²) in [5, 5.41) is 0.309. The van der Waals surface area contributed by atoms with E-state index in [1.807, 2.05) is 0 Å². The number of rotatable bonds is 7. The molecular formula is C16H17N3O4S. The van der Waals surface area contributed by atoms with Crippen molar-refractivity contribution in [3.8, 4) is 5.75 Å². The quantitative estimate of drug-likeness (QED) is 0.352. The number of Topliss-reactive ketones (excluding diaryl/α,β-unsaturated/α-hetero) is 1. The number of ether oxygens (including phenoxy) is 2. The van der Waals surface area contributed by atoms with Crippen molar-refractivity contribution in [3.05, 3.63) is 41.6 Å². The molecule has 0 atom stereocenters. The summed E-state index contributed by atoms with van der Waals surface area (Å²) in [6.07, 6.45) is 1.30. The highest BCUT2D eigenvalue weighted by atomic mass is 32.2. The maximum Gasteiger partial charge on any atom is 0.343 e. The van der Waals surface area contributed by atoms with Crippen molar-refractivity contribution in [1.29, 1.82) is 0 Å². The Morgan fingerprint density at radius 3 is 2.67 bits per heavy atom. The van der Waals surface area contributed by atoms with Crippen LogP contribution in [0.2, 0.25) is 0 Å². The third-order valence-corrected chi connectivity index (χ3v) is 3.89. The summed E-state index contributed by atoms with van der Waals surface area (Å²) < 4.78 is 10.0. The van der Waals surface area contributed by atoms with Gasteiger partial charge in [-0.2, -0.15) is 0 Å². The molecule has 7 nitrogen and oxygen atoms in total. The van der Waals surface area contributed by atoms with Gasteiger partial charge in [-0.1, -0.05) is 23.9 Å². The van der Waals surface area contributed by atoms with Gasteiger partial charge in [-0.05, 0) is 19.1 Å². The first-order valence-corrected chi connectivity index (χ1v) is 8.14. The average molecular weight is 347 g/mol. The molecule has 1 aromatic heterocycles. The molecule has 8 heteroatoms. The predicted molar refractivity (Wildman–Crippen MR) is 90.4 cm³/mol. The maximum absolute atomic E-state index is 12.3. The van der Waals surface area contributed by atoms with Gasteiger partial charge >= 0.3 is 5.97 Å². The molecule has 0 radical (unpaired) electrons. The first-order chi connectivity index (χ1) is 11.6. The summed E-state index contributed by atoms with van der Waals surface area (Å²) in [5.74, 6) is -0.0268. The number of carbonyl (C=O) groups is 2. The number of esters is 1. The van der Waals surface area contributed by atoms with E-state index >= 15 is 0 Å². The van der Waals surface area contributed by atoms with Crippen molar-refractivity contribution in [1.82, 2.24) is 9.97 Å². The Morgan fingerprint density at radius 2 is 2.00 bits per heavy atom. The number of aromatic nitrogens is 2. The van der Waals surface area contributed by atoms with E-state index in [1.165, 1.54) is 13.3 Å². The van der Waals surface area contributed by atoms with E-state index in [0.29, 0.717) is 16.5 Å². The number of hydrogen-bond acceptors (Lipinski definition) is 8. The van der Waals surface area contributed by atoms with Gasteiger partial charge in [0.05, 0.1) is 25.0 Å². The number of nitrogens with zero attached hydrogens (tertiary/aromatic N) is 2. The van der Waals surface area contributed by atoms with Crippen LogP contribution in [0.15, 0.2) is 35.6 Å². The largest absolute Gasteiger partial charge is 0.496 e. The predicted octanol–water partition coefficient (Wildman–Crippen LogP) is 2.22. The van der Waals surface area contributed by atoms with Crippen LogP contribution in [0.25, 0.3) is 0 Å². The van der Waals surface area contributed by atoms with Gasteiger partial charge in [-0.25, -0.2) is 14.8 Å². The number of thioether (sulfide) groups is 1. The molecule has 2 aromatic rings. The molecule has 0 bridgehead atoms. The van der Waals surface area contributed by atoms with Crippen LogP contribution in [0.1, 0.15) is 27.6 Å². The van der Waals surface area contributed by atoms with Crippen molar-refractivity contribution >= 4 is 29.3 Å². The number of nitrogen functional groups attached to an aromatic ring is 1. The summed E-state index contributed by atoms with van der Waals surface area (Å²) in [4.78, 5) is 32.0. The third-order valence-electron chi connectivity index (χ3n) is 3.03. The fourth-order valence-electron chi connectivity index (χ4n) is 1.90. The van der Waals surface area contributed by atoms with E-state index in [-0.39, 0.29) is 29.5 Å². The zero-order valence-electron chi connectivity index (χ0n) is 13.3. The summed E-state index contributed by atoms with van der Waals surface area (Å²) in [6.45, 7) is 1.94. The lowest BCUT2D eigenvalue weighted by molar-refractivity contribution is 0.0526. The third kappa shape index (κ3) is 4.23. The second-order valence-corrected chi connectivity index (χ2v) is 5.53.